The molecule has 2 aliphatic rings. The van der Waals surface area contributed by atoms with Gasteiger partial charge in [0.25, 0.3) is 0 Å². The van der Waals surface area contributed by atoms with Crippen molar-refractivity contribution in [2.24, 2.45) is 0 Å². The van der Waals surface area contributed by atoms with E-state index in [2.05, 4.69) is 28.8 Å². The number of nitrogens with one attached hydrogen (secondary N) is 1. The predicted octanol–water partition coefficient (Wildman–Crippen LogP) is 3.15. The number of anilines is 1. The molecule has 2 atom stereocenters. The van der Waals surface area contributed by atoms with Crippen LogP contribution in [0.1, 0.15) is 39.5 Å². The normalized spacial score (nSPS) is 26.8. The molecule has 0 spiro atoms. The molecule has 1 saturated carbocycles. The number of benzene rings is 1. The van der Waals surface area contributed by atoms with E-state index in [0.29, 0.717) is 12.1 Å². The molecule has 0 aromatic heterocycles. The molecule has 24 heavy (non-hydrogen) atoms. The summed E-state index contributed by atoms with van der Waals surface area (Å²) in [4.78, 5) is 2.40. The molecule has 0 radical (unpaired) electrons. The number of alkyl halides is 2. The van der Waals surface area contributed by atoms with Crippen LogP contribution in [0.5, 0.6) is 5.75 Å². The van der Waals surface area contributed by atoms with Gasteiger partial charge in [0, 0.05) is 29.9 Å². The van der Waals surface area contributed by atoms with E-state index in [0.717, 1.165) is 18.7 Å². The number of aliphatic hydroxyl groups is 1. The third kappa shape index (κ3) is 3.81. The number of hydrogen-bond donors (Lipinski definition) is 2. The van der Waals surface area contributed by atoms with Crippen LogP contribution in [0.4, 0.5) is 14.5 Å². The van der Waals surface area contributed by atoms with Gasteiger partial charge in [-0.1, -0.05) is 12.8 Å². The molecule has 134 valence electrons. The number of halogens is 2. The Labute approximate surface area is 141 Å². The zero-order chi connectivity index (χ0) is 17.4. The van der Waals surface area contributed by atoms with Gasteiger partial charge in [0.05, 0.1) is 0 Å². The number of fused-ring (bicyclic) bond motifs is 1. The zero-order valence-corrected chi connectivity index (χ0v) is 14.3. The maximum absolute atomic E-state index is 13.1. The van der Waals surface area contributed by atoms with E-state index in [1.807, 2.05) is 12.1 Å². The van der Waals surface area contributed by atoms with Crippen LogP contribution in [-0.4, -0.2) is 42.0 Å². The summed E-state index contributed by atoms with van der Waals surface area (Å²) in [6, 6.07) is 7.66. The van der Waals surface area contributed by atoms with Gasteiger partial charge in [-0.3, -0.25) is 0 Å². The van der Waals surface area contributed by atoms with Gasteiger partial charge >= 0.3 is 6.11 Å². The van der Waals surface area contributed by atoms with Crippen molar-refractivity contribution >= 4 is 5.69 Å². The van der Waals surface area contributed by atoms with Crippen LogP contribution in [0.3, 0.4) is 0 Å². The molecule has 4 nitrogen and oxygen atoms in total. The summed E-state index contributed by atoms with van der Waals surface area (Å²) in [7, 11) is 0. The Morgan fingerprint density at radius 2 is 1.92 bits per heavy atom. The molecule has 0 amide bonds. The Morgan fingerprint density at radius 1 is 1.25 bits per heavy atom. The number of piperazine rings is 1. The minimum absolute atomic E-state index is 0.0115. The van der Waals surface area contributed by atoms with Crippen LogP contribution < -0.4 is 15.0 Å². The highest BCUT2D eigenvalue weighted by Gasteiger charge is 2.40. The summed E-state index contributed by atoms with van der Waals surface area (Å²) in [5.74, 6) is 0.0624. The van der Waals surface area contributed by atoms with Gasteiger partial charge < -0.3 is 20.1 Å². The summed E-state index contributed by atoms with van der Waals surface area (Å²) in [6.07, 6.45) is 1.25. The smallest absolute Gasteiger partial charge is 0.421 e. The maximum atomic E-state index is 13.1. The van der Waals surface area contributed by atoms with Gasteiger partial charge in [-0.25, -0.2) is 0 Å². The summed E-state index contributed by atoms with van der Waals surface area (Å²) < 4.78 is 30.8. The number of nitrogens with zero attached hydrogens (tertiary/aromatic N) is 1. The number of ether oxygens (including phenoxy) is 1. The summed E-state index contributed by atoms with van der Waals surface area (Å²) in [5, 5.41) is 12.4. The molecule has 1 saturated heterocycles. The second-order valence-electron chi connectivity index (χ2n) is 7.51. The molecule has 1 aromatic carbocycles. The fourth-order valence-corrected chi connectivity index (χ4v) is 3.94. The zero-order valence-electron chi connectivity index (χ0n) is 14.3. The van der Waals surface area contributed by atoms with Gasteiger partial charge in [-0.05, 0) is 51.0 Å². The first-order valence-corrected chi connectivity index (χ1v) is 8.62. The molecule has 6 heteroatoms. The van der Waals surface area contributed by atoms with E-state index in [1.165, 1.54) is 19.3 Å². The molecule has 3 rings (SSSR count). The third-order valence-corrected chi connectivity index (χ3v) is 4.89. The fraction of sp³-hybridized carbons (Fsp3) is 0.667. The number of aliphatic hydroxyl groups excluding tert-OH is 1. The average molecular weight is 340 g/mol. The summed E-state index contributed by atoms with van der Waals surface area (Å²) in [5.41, 5.74) is 1.04. The van der Waals surface area contributed by atoms with Gasteiger partial charge in [-0.2, -0.15) is 8.78 Å². The van der Waals surface area contributed by atoms with Crippen molar-refractivity contribution in [3.63, 3.8) is 0 Å². The van der Waals surface area contributed by atoms with Crippen LogP contribution in [0.2, 0.25) is 0 Å². The van der Waals surface area contributed by atoms with Crippen LogP contribution in [0.25, 0.3) is 0 Å². The SMILES string of the molecule is CC1(C)CN(c2ccc(OC(F)(F)CO)cc2)[C@@H]2CCCC[C@H]2N1. The van der Waals surface area contributed by atoms with E-state index in [1.54, 1.807) is 12.1 Å². The van der Waals surface area contributed by atoms with Crippen molar-refractivity contribution < 1.29 is 18.6 Å². The number of rotatable bonds is 4. The largest absolute Gasteiger partial charge is 0.431 e. The van der Waals surface area contributed by atoms with E-state index in [-0.39, 0.29) is 11.3 Å². The van der Waals surface area contributed by atoms with E-state index in [4.69, 9.17) is 5.11 Å². The molecule has 0 bridgehead atoms. The Balaban J connectivity index is 1.79. The maximum Gasteiger partial charge on any atom is 0.421 e. The quantitative estimate of drug-likeness (QED) is 0.884. The minimum Gasteiger partial charge on any atom is -0.431 e. The molecule has 1 aromatic rings. The van der Waals surface area contributed by atoms with Gasteiger partial charge in [0.1, 0.15) is 12.4 Å². The molecular formula is C18H26F2N2O2. The minimum atomic E-state index is -3.55. The Hall–Kier alpha value is -1.40. The third-order valence-electron chi connectivity index (χ3n) is 4.89. The lowest BCUT2D eigenvalue weighted by Gasteiger charge is -2.52. The van der Waals surface area contributed by atoms with Crippen molar-refractivity contribution in [1.82, 2.24) is 5.32 Å². The Bertz CT molecular complexity index is 563. The molecule has 2 N–H and O–H groups in total. The molecule has 1 heterocycles. The highest BCUT2D eigenvalue weighted by molar-refractivity contribution is 5.51. The van der Waals surface area contributed by atoms with Crippen LogP contribution in [0, 0.1) is 0 Å². The second-order valence-corrected chi connectivity index (χ2v) is 7.51. The van der Waals surface area contributed by atoms with Gasteiger partial charge in [0.15, 0.2) is 0 Å². The topological polar surface area (TPSA) is 44.7 Å². The van der Waals surface area contributed by atoms with Crippen molar-refractivity contribution in [3.8, 4) is 5.75 Å². The second kappa shape index (κ2) is 6.48. The Kier molecular flexibility index (Phi) is 4.71. The van der Waals surface area contributed by atoms with Crippen LogP contribution in [0.15, 0.2) is 24.3 Å². The standard InChI is InChI=1S/C18H26F2N2O2/c1-17(2)11-22(16-6-4-3-5-15(16)21-17)13-7-9-14(10-8-13)24-18(19,20)12-23/h7-10,15-16,21,23H,3-6,11-12H2,1-2H3/t15-,16-/m1/s1. The lowest BCUT2D eigenvalue weighted by Crippen LogP contribution is -2.67. The van der Waals surface area contributed by atoms with Crippen molar-refractivity contribution in [3.05, 3.63) is 24.3 Å². The molecular weight excluding hydrogens is 314 g/mol. The fourth-order valence-electron chi connectivity index (χ4n) is 3.94. The highest BCUT2D eigenvalue weighted by Crippen LogP contribution is 2.34. The summed E-state index contributed by atoms with van der Waals surface area (Å²) >= 11 is 0. The van der Waals surface area contributed by atoms with Crippen LogP contribution in [-0.2, 0) is 0 Å². The van der Waals surface area contributed by atoms with Crippen LogP contribution >= 0.6 is 0 Å². The highest BCUT2D eigenvalue weighted by atomic mass is 19.3. The monoisotopic (exact) mass is 340 g/mol. The van der Waals surface area contributed by atoms with E-state index in [9.17, 15) is 8.78 Å². The van der Waals surface area contributed by atoms with Gasteiger partial charge in [-0.15, -0.1) is 0 Å². The average Bonchev–Trinajstić information content (AvgIpc) is 2.54. The first-order valence-electron chi connectivity index (χ1n) is 8.62. The summed E-state index contributed by atoms with van der Waals surface area (Å²) in [6.45, 7) is 3.94. The molecule has 1 aliphatic heterocycles. The molecule has 0 unspecified atom stereocenters. The van der Waals surface area contributed by atoms with Gasteiger partial charge in [0.2, 0.25) is 0 Å². The lowest BCUT2D eigenvalue weighted by atomic mass is 9.83. The first kappa shape index (κ1) is 17.4. The lowest BCUT2D eigenvalue weighted by molar-refractivity contribution is -0.200. The van der Waals surface area contributed by atoms with E-state index < -0.39 is 12.7 Å². The van der Waals surface area contributed by atoms with Crippen molar-refractivity contribution in [2.75, 3.05) is 18.1 Å². The Morgan fingerprint density at radius 3 is 2.58 bits per heavy atom. The van der Waals surface area contributed by atoms with Crippen molar-refractivity contribution in [1.29, 1.82) is 0 Å². The van der Waals surface area contributed by atoms with Crippen molar-refractivity contribution in [2.45, 2.75) is 63.3 Å². The predicted molar refractivity (Wildman–Crippen MR) is 89.7 cm³/mol. The number of hydrogen-bond acceptors (Lipinski definition) is 4. The molecule has 2 fully saturated rings. The molecule has 1 aliphatic carbocycles. The first-order chi connectivity index (χ1) is 11.3. The van der Waals surface area contributed by atoms with E-state index >= 15 is 0 Å².